The molecule has 0 spiro atoms. The van der Waals surface area contributed by atoms with Gasteiger partial charge in [0, 0.05) is 11.4 Å². The summed E-state index contributed by atoms with van der Waals surface area (Å²) in [5, 5.41) is 8.93. The predicted octanol–water partition coefficient (Wildman–Crippen LogP) is 2.21. The molecular weight excluding hydrogens is 317 g/mol. The molecule has 1 aromatic carbocycles. The molecule has 0 amide bonds. The van der Waals surface area contributed by atoms with Crippen molar-refractivity contribution in [1.29, 1.82) is 0 Å². The monoisotopic (exact) mass is 333 g/mol. The lowest BCUT2D eigenvalue weighted by Crippen LogP contribution is -2.24. The van der Waals surface area contributed by atoms with Crippen LogP contribution in [0.2, 0.25) is 0 Å². The molecule has 0 unspecified atom stereocenters. The van der Waals surface area contributed by atoms with Gasteiger partial charge in [-0.2, -0.15) is 0 Å². The molecule has 120 valence electrons. The van der Waals surface area contributed by atoms with E-state index in [0.717, 1.165) is 10.4 Å². The average molecular weight is 333 g/mol. The van der Waals surface area contributed by atoms with E-state index in [2.05, 4.69) is 9.97 Å². The highest BCUT2D eigenvalue weighted by molar-refractivity contribution is 7.22. The standard InChI is InChI=1S/C16H16FN3O2S/c1-20(6-7-21)9-14-18-12-8-13(23-15(12)16(22)19-14)10-2-4-11(17)5-3-10/h2-5,8,21H,6-7,9H2,1H3,(H,18,19,22). The molecule has 0 saturated heterocycles. The van der Waals surface area contributed by atoms with Gasteiger partial charge in [0.25, 0.3) is 5.56 Å². The van der Waals surface area contributed by atoms with Gasteiger partial charge in [-0.1, -0.05) is 12.1 Å². The Morgan fingerprint density at radius 2 is 2.09 bits per heavy atom. The van der Waals surface area contributed by atoms with Gasteiger partial charge in [-0.3, -0.25) is 9.69 Å². The molecule has 0 radical (unpaired) electrons. The van der Waals surface area contributed by atoms with Crippen LogP contribution >= 0.6 is 11.3 Å². The number of nitrogens with zero attached hydrogens (tertiary/aromatic N) is 2. The molecule has 0 saturated carbocycles. The van der Waals surface area contributed by atoms with Gasteiger partial charge in [-0.05, 0) is 30.8 Å². The van der Waals surface area contributed by atoms with Gasteiger partial charge in [0.05, 0.1) is 18.7 Å². The van der Waals surface area contributed by atoms with E-state index in [4.69, 9.17) is 5.11 Å². The lowest BCUT2D eigenvalue weighted by Gasteiger charge is -2.13. The van der Waals surface area contributed by atoms with E-state index in [0.29, 0.717) is 29.1 Å². The Hall–Kier alpha value is -2.09. The number of thiophene rings is 1. The minimum atomic E-state index is -0.292. The molecule has 23 heavy (non-hydrogen) atoms. The highest BCUT2D eigenvalue weighted by atomic mass is 32.1. The summed E-state index contributed by atoms with van der Waals surface area (Å²) in [6.07, 6.45) is 0. The minimum absolute atomic E-state index is 0.0517. The van der Waals surface area contributed by atoms with Crippen molar-refractivity contribution in [2.75, 3.05) is 20.2 Å². The lowest BCUT2D eigenvalue weighted by atomic mass is 10.2. The second kappa shape index (κ2) is 6.57. The number of halogens is 1. The van der Waals surface area contributed by atoms with Crippen LogP contribution in [0.4, 0.5) is 4.39 Å². The number of likely N-dealkylation sites (N-methyl/N-ethyl adjacent to an activating group) is 1. The van der Waals surface area contributed by atoms with Gasteiger partial charge >= 0.3 is 0 Å². The van der Waals surface area contributed by atoms with Crippen LogP contribution in [-0.4, -0.2) is 40.2 Å². The average Bonchev–Trinajstić information content (AvgIpc) is 2.92. The number of rotatable bonds is 5. The number of aromatic amines is 1. The summed E-state index contributed by atoms with van der Waals surface area (Å²) < 4.78 is 13.6. The number of aromatic nitrogens is 2. The molecule has 2 N–H and O–H groups in total. The van der Waals surface area contributed by atoms with Crippen molar-refractivity contribution >= 4 is 21.6 Å². The molecule has 3 rings (SSSR count). The molecule has 0 bridgehead atoms. The van der Waals surface area contributed by atoms with Gasteiger partial charge in [0.2, 0.25) is 0 Å². The third kappa shape index (κ3) is 3.47. The predicted molar refractivity (Wildman–Crippen MR) is 89.1 cm³/mol. The van der Waals surface area contributed by atoms with Crippen molar-refractivity contribution in [1.82, 2.24) is 14.9 Å². The van der Waals surface area contributed by atoms with Crippen LogP contribution in [0.5, 0.6) is 0 Å². The number of nitrogens with one attached hydrogen (secondary N) is 1. The SMILES string of the molecule is CN(CCO)Cc1nc2cc(-c3ccc(F)cc3)sc2c(=O)[nH]1. The number of H-pyrrole nitrogens is 1. The summed E-state index contributed by atoms with van der Waals surface area (Å²) in [6, 6.07) is 8.01. The molecule has 7 heteroatoms. The first-order valence-corrected chi connectivity index (χ1v) is 7.96. The van der Waals surface area contributed by atoms with E-state index in [-0.39, 0.29) is 18.0 Å². The first-order valence-electron chi connectivity index (χ1n) is 7.15. The zero-order valence-corrected chi connectivity index (χ0v) is 13.4. The highest BCUT2D eigenvalue weighted by Gasteiger charge is 2.11. The molecule has 2 aromatic heterocycles. The summed E-state index contributed by atoms with van der Waals surface area (Å²) in [5.74, 6) is 0.266. The Labute approximate surface area is 136 Å². The van der Waals surface area contributed by atoms with Crippen molar-refractivity contribution in [3.05, 3.63) is 52.3 Å². The number of hydrogen-bond acceptors (Lipinski definition) is 5. The maximum atomic E-state index is 13.0. The Morgan fingerprint density at radius 3 is 2.78 bits per heavy atom. The molecule has 5 nitrogen and oxygen atoms in total. The van der Waals surface area contributed by atoms with Gasteiger partial charge in [0.1, 0.15) is 16.3 Å². The summed E-state index contributed by atoms with van der Waals surface area (Å²) in [7, 11) is 1.85. The maximum absolute atomic E-state index is 13.0. The third-order valence-corrected chi connectivity index (χ3v) is 4.63. The summed E-state index contributed by atoms with van der Waals surface area (Å²) >= 11 is 1.34. The zero-order chi connectivity index (χ0) is 16.4. The van der Waals surface area contributed by atoms with Crippen LogP contribution in [0, 0.1) is 5.82 Å². The van der Waals surface area contributed by atoms with Gasteiger partial charge in [-0.25, -0.2) is 9.37 Å². The largest absolute Gasteiger partial charge is 0.395 e. The Bertz CT molecular complexity index is 873. The number of hydrogen-bond donors (Lipinski definition) is 2. The van der Waals surface area contributed by atoms with Gasteiger partial charge in [0.15, 0.2) is 0 Å². The van der Waals surface area contributed by atoms with Crippen LogP contribution in [0.1, 0.15) is 5.82 Å². The molecule has 3 aromatic rings. The molecule has 0 aliphatic rings. The molecule has 0 aliphatic carbocycles. The van der Waals surface area contributed by atoms with Crippen molar-refractivity contribution in [2.45, 2.75) is 6.54 Å². The minimum Gasteiger partial charge on any atom is -0.395 e. The highest BCUT2D eigenvalue weighted by Crippen LogP contribution is 2.30. The third-order valence-electron chi connectivity index (χ3n) is 3.46. The zero-order valence-electron chi connectivity index (χ0n) is 12.5. The van der Waals surface area contributed by atoms with Crippen molar-refractivity contribution in [3.63, 3.8) is 0 Å². The van der Waals surface area contributed by atoms with Gasteiger partial charge < -0.3 is 10.1 Å². The summed E-state index contributed by atoms with van der Waals surface area (Å²) in [6.45, 7) is 1.01. The van der Waals surface area contributed by atoms with E-state index in [1.54, 1.807) is 12.1 Å². The first-order chi connectivity index (χ1) is 11.1. The van der Waals surface area contributed by atoms with E-state index in [1.807, 2.05) is 18.0 Å². The molecule has 0 fully saturated rings. The smallest absolute Gasteiger partial charge is 0.268 e. The maximum Gasteiger partial charge on any atom is 0.268 e. The van der Waals surface area contributed by atoms with Crippen LogP contribution in [-0.2, 0) is 6.54 Å². The van der Waals surface area contributed by atoms with Crippen molar-refractivity contribution in [2.24, 2.45) is 0 Å². The molecule has 2 heterocycles. The van der Waals surface area contributed by atoms with Crippen LogP contribution in [0.15, 0.2) is 35.1 Å². The second-order valence-electron chi connectivity index (χ2n) is 5.31. The Balaban J connectivity index is 1.97. The number of aliphatic hydroxyl groups is 1. The van der Waals surface area contributed by atoms with E-state index in [1.165, 1.54) is 23.5 Å². The number of aliphatic hydroxyl groups excluding tert-OH is 1. The van der Waals surface area contributed by atoms with Crippen LogP contribution in [0.25, 0.3) is 20.7 Å². The first kappa shape index (κ1) is 15.8. The molecular formula is C16H16FN3O2S. The number of benzene rings is 1. The lowest BCUT2D eigenvalue weighted by molar-refractivity contribution is 0.214. The fourth-order valence-electron chi connectivity index (χ4n) is 2.33. The fourth-order valence-corrected chi connectivity index (χ4v) is 3.32. The normalized spacial score (nSPS) is 11.5. The van der Waals surface area contributed by atoms with E-state index in [9.17, 15) is 9.18 Å². The van der Waals surface area contributed by atoms with Crippen molar-refractivity contribution in [3.8, 4) is 10.4 Å². The van der Waals surface area contributed by atoms with Gasteiger partial charge in [-0.15, -0.1) is 11.3 Å². The van der Waals surface area contributed by atoms with E-state index < -0.39 is 0 Å². The fraction of sp³-hybridized carbons (Fsp3) is 0.250. The summed E-state index contributed by atoms with van der Waals surface area (Å²) in [4.78, 5) is 22.2. The topological polar surface area (TPSA) is 69.2 Å². The molecule has 0 aliphatic heterocycles. The molecule has 0 atom stereocenters. The second-order valence-corrected chi connectivity index (χ2v) is 6.36. The van der Waals surface area contributed by atoms with Crippen LogP contribution in [0.3, 0.4) is 0 Å². The van der Waals surface area contributed by atoms with Crippen LogP contribution < -0.4 is 5.56 Å². The number of fused-ring (bicyclic) bond motifs is 1. The Kier molecular flexibility index (Phi) is 4.51. The van der Waals surface area contributed by atoms with E-state index >= 15 is 0 Å². The Morgan fingerprint density at radius 1 is 1.35 bits per heavy atom. The quantitative estimate of drug-likeness (QED) is 0.751. The van der Waals surface area contributed by atoms with Crippen molar-refractivity contribution < 1.29 is 9.50 Å². The summed E-state index contributed by atoms with van der Waals surface area (Å²) in [5.41, 5.74) is 1.30.